The lowest BCUT2D eigenvalue weighted by molar-refractivity contribution is -0.137. The molecular weight excluding hydrogens is 704 g/mol. The highest BCUT2D eigenvalue weighted by molar-refractivity contribution is 6.31. The number of hydrogen-bond acceptors (Lipinski definition) is 7. The molecule has 280 valence electrons. The van der Waals surface area contributed by atoms with E-state index in [1.807, 2.05) is 68.5 Å². The Kier molecular flexibility index (Phi) is 10.7. The fourth-order valence-electron chi connectivity index (χ4n) is 7.81. The Morgan fingerprint density at radius 3 is 2.26 bits per heavy atom. The first-order valence-corrected chi connectivity index (χ1v) is 18.9. The Morgan fingerprint density at radius 1 is 0.889 bits per heavy atom. The van der Waals surface area contributed by atoms with Crippen LogP contribution in [-0.4, -0.2) is 69.5 Å². The standard InChI is InChI=1S/C43H45ClN4O6/c1-43(2)25-33-39(36(50)26-43)41(31-17-16-30(24-32(31)44)54-27-28-10-5-3-6-11-28)48(34-14-9-15-35(49)40(34)45-33)38(52)19-18-37(51)46-20-22-47(23-21-46)42(53)29-12-7-4-8-13-29/h3-8,10-14,16-17,24,41,45,49H,9,15,18-23,25-27H2,1-2H3. The van der Waals surface area contributed by atoms with Gasteiger partial charge in [0.2, 0.25) is 11.8 Å². The second kappa shape index (κ2) is 15.6. The van der Waals surface area contributed by atoms with Crippen molar-refractivity contribution in [3.63, 3.8) is 0 Å². The minimum Gasteiger partial charge on any atom is -0.510 e. The van der Waals surface area contributed by atoms with Crippen molar-refractivity contribution in [1.29, 1.82) is 0 Å². The van der Waals surface area contributed by atoms with Crippen LogP contribution in [0.25, 0.3) is 0 Å². The maximum atomic E-state index is 14.7. The second-order valence-electron chi connectivity index (χ2n) is 15.1. The number of piperazine rings is 1. The zero-order valence-corrected chi connectivity index (χ0v) is 31.4. The normalized spacial score (nSPS) is 19.7. The monoisotopic (exact) mass is 748 g/mol. The molecule has 1 unspecified atom stereocenters. The molecule has 1 fully saturated rings. The molecule has 4 aliphatic rings. The van der Waals surface area contributed by atoms with E-state index in [4.69, 9.17) is 16.3 Å². The van der Waals surface area contributed by atoms with Gasteiger partial charge in [-0.05, 0) is 53.6 Å². The van der Waals surface area contributed by atoms with Gasteiger partial charge < -0.3 is 25.0 Å². The number of carbonyl (C=O) groups excluding carboxylic acids is 4. The van der Waals surface area contributed by atoms with Gasteiger partial charge in [-0.25, -0.2) is 0 Å². The summed E-state index contributed by atoms with van der Waals surface area (Å²) in [6, 6.07) is 23.2. The van der Waals surface area contributed by atoms with Gasteiger partial charge >= 0.3 is 0 Å². The number of Topliss-reactive ketones (excluding diaryl/α,β-unsaturated/α-hetero) is 1. The summed E-state index contributed by atoms with van der Waals surface area (Å²) in [5, 5.41) is 15.0. The first-order valence-electron chi connectivity index (χ1n) is 18.6. The Hall–Kier alpha value is -5.35. The molecule has 0 spiro atoms. The fourth-order valence-corrected chi connectivity index (χ4v) is 8.08. The predicted molar refractivity (Wildman–Crippen MR) is 205 cm³/mol. The number of nitrogens with one attached hydrogen (secondary N) is 1. The third kappa shape index (κ3) is 7.80. The van der Waals surface area contributed by atoms with Crippen molar-refractivity contribution >= 4 is 35.1 Å². The number of halogens is 1. The van der Waals surface area contributed by atoms with Crippen LogP contribution in [0.15, 0.2) is 113 Å². The van der Waals surface area contributed by atoms with Crippen molar-refractivity contribution in [2.75, 3.05) is 26.2 Å². The van der Waals surface area contributed by atoms with E-state index in [0.29, 0.717) is 96.6 Å². The highest BCUT2D eigenvalue weighted by Gasteiger charge is 2.45. The summed E-state index contributed by atoms with van der Waals surface area (Å²) in [4.78, 5) is 60.4. The van der Waals surface area contributed by atoms with Crippen molar-refractivity contribution < 1.29 is 29.0 Å². The molecule has 11 heteroatoms. The van der Waals surface area contributed by atoms with Crippen molar-refractivity contribution in [2.24, 2.45) is 5.41 Å². The fraction of sp³-hybridized carbons (Fsp3) is 0.349. The molecule has 0 aromatic heterocycles. The van der Waals surface area contributed by atoms with E-state index in [9.17, 15) is 24.3 Å². The topological polar surface area (TPSA) is 119 Å². The average Bonchev–Trinajstić information content (AvgIpc) is 3.31. The van der Waals surface area contributed by atoms with Crippen molar-refractivity contribution in [1.82, 2.24) is 20.0 Å². The molecule has 7 rings (SSSR count). The van der Waals surface area contributed by atoms with Gasteiger partial charge in [-0.2, -0.15) is 0 Å². The number of amides is 3. The van der Waals surface area contributed by atoms with Crippen LogP contribution in [0.3, 0.4) is 0 Å². The number of ether oxygens (including phenoxy) is 1. The minimum absolute atomic E-state index is 0.0622. The molecule has 2 N–H and O–H groups in total. The molecule has 0 saturated carbocycles. The Bertz CT molecular complexity index is 2050. The summed E-state index contributed by atoms with van der Waals surface area (Å²) in [5.41, 5.74) is 3.69. The van der Waals surface area contributed by atoms with Crippen molar-refractivity contribution in [3.8, 4) is 5.75 Å². The van der Waals surface area contributed by atoms with Gasteiger partial charge in [0.1, 0.15) is 23.8 Å². The zero-order chi connectivity index (χ0) is 38.0. The number of allylic oxidation sites excluding steroid dienone is 3. The third-order valence-corrected chi connectivity index (χ3v) is 10.9. The lowest BCUT2D eigenvalue weighted by atomic mass is 9.73. The number of aliphatic hydroxyl groups is 1. The quantitative estimate of drug-likeness (QED) is 0.249. The molecule has 2 aliphatic heterocycles. The minimum atomic E-state index is -0.920. The Balaban J connectivity index is 1.16. The lowest BCUT2D eigenvalue weighted by Gasteiger charge is -2.38. The van der Waals surface area contributed by atoms with Gasteiger partial charge in [-0.3, -0.25) is 24.1 Å². The molecule has 10 nitrogen and oxygen atoms in total. The smallest absolute Gasteiger partial charge is 0.253 e. The summed E-state index contributed by atoms with van der Waals surface area (Å²) < 4.78 is 6.06. The number of nitrogens with zero attached hydrogens (tertiary/aromatic N) is 3. The van der Waals surface area contributed by atoms with Crippen LogP contribution < -0.4 is 10.1 Å². The van der Waals surface area contributed by atoms with Crippen LogP contribution >= 0.6 is 11.6 Å². The number of fused-ring (bicyclic) bond motifs is 1. The van der Waals surface area contributed by atoms with Crippen molar-refractivity contribution in [3.05, 3.63) is 135 Å². The number of rotatable bonds is 8. The second-order valence-corrected chi connectivity index (χ2v) is 15.5. The SMILES string of the molecule is CC1(C)CC(=O)C2=C(C1)NC1=C(O)CCC=C1N(C(=O)CCC(=O)N1CCN(C(=O)c3ccccc3)CC1)C2c1ccc(OCc2ccccc2)cc1Cl. The van der Waals surface area contributed by atoms with Crippen LogP contribution in [-0.2, 0) is 21.0 Å². The summed E-state index contributed by atoms with van der Waals surface area (Å²) >= 11 is 7.07. The number of hydrogen-bond donors (Lipinski definition) is 2. The van der Waals surface area contributed by atoms with E-state index in [2.05, 4.69) is 5.32 Å². The van der Waals surface area contributed by atoms with Crippen LogP contribution in [0.4, 0.5) is 0 Å². The molecule has 1 atom stereocenters. The van der Waals surface area contributed by atoms with Gasteiger partial charge in [-0.1, -0.05) is 86.1 Å². The van der Waals surface area contributed by atoms with E-state index in [1.54, 1.807) is 45.0 Å². The number of benzene rings is 3. The van der Waals surface area contributed by atoms with Gasteiger partial charge in [0.05, 0.1) is 11.7 Å². The molecular formula is C43H45ClN4O6. The number of carbonyl (C=O) groups is 4. The maximum absolute atomic E-state index is 14.7. The molecule has 3 aromatic carbocycles. The van der Waals surface area contributed by atoms with Gasteiger partial charge in [-0.15, -0.1) is 0 Å². The van der Waals surface area contributed by atoms with Gasteiger partial charge in [0, 0.05) is 73.7 Å². The molecule has 54 heavy (non-hydrogen) atoms. The lowest BCUT2D eigenvalue weighted by Crippen LogP contribution is -2.50. The molecule has 1 saturated heterocycles. The summed E-state index contributed by atoms with van der Waals surface area (Å²) in [6.45, 7) is 5.91. The highest BCUT2D eigenvalue weighted by atomic mass is 35.5. The summed E-state index contributed by atoms with van der Waals surface area (Å²) in [6.07, 6.45) is 3.35. The van der Waals surface area contributed by atoms with E-state index in [-0.39, 0.29) is 53.9 Å². The summed E-state index contributed by atoms with van der Waals surface area (Å²) in [5.74, 6) is -0.120. The van der Waals surface area contributed by atoms with E-state index in [1.165, 1.54) is 0 Å². The van der Waals surface area contributed by atoms with E-state index in [0.717, 1.165) is 5.56 Å². The molecule has 3 aromatic rings. The van der Waals surface area contributed by atoms with Gasteiger partial charge in [0.25, 0.3) is 5.91 Å². The number of aliphatic hydroxyl groups excluding tert-OH is 1. The van der Waals surface area contributed by atoms with Crippen LogP contribution in [0.2, 0.25) is 5.02 Å². The first kappa shape index (κ1) is 37.0. The van der Waals surface area contributed by atoms with Gasteiger partial charge in [0.15, 0.2) is 5.78 Å². The third-order valence-electron chi connectivity index (χ3n) is 10.5. The van der Waals surface area contributed by atoms with Crippen LogP contribution in [0.5, 0.6) is 5.75 Å². The molecule has 2 aliphatic carbocycles. The highest BCUT2D eigenvalue weighted by Crippen LogP contribution is 2.49. The predicted octanol–water partition coefficient (Wildman–Crippen LogP) is 7.25. The first-order chi connectivity index (χ1) is 26.0. The van der Waals surface area contributed by atoms with E-state index >= 15 is 0 Å². The molecule has 3 amide bonds. The average molecular weight is 749 g/mol. The largest absolute Gasteiger partial charge is 0.510 e. The molecule has 0 radical (unpaired) electrons. The van der Waals surface area contributed by atoms with Crippen LogP contribution in [0, 0.1) is 5.41 Å². The maximum Gasteiger partial charge on any atom is 0.253 e. The Morgan fingerprint density at radius 2 is 1.56 bits per heavy atom. The molecule has 2 heterocycles. The summed E-state index contributed by atoms with van der Waals surface area (Å²) in [7, 11) is 0. The molecule has 0 bridgehead atoms. The van der Waals surface area contributed by atoms with Crippen LogP contribution in [0.1, 0.15) is 79.9 Å². The van der Waals surface area contributed by atoms with Crippen molar-refractivity contribution in [2.45, 2.75) is 65.0 Å². The Labute approximate surface area is 320 Å². The zero-order valence-electron chi connectivity index (χ0n) is 30.6. The van der Waals surface area contributed by atoms with E-state index < -0.39 is 6.04 Å². The number of ketones is 1.